The fourth-order valence-corrected chi connectivity index (χ4v) is 3.78. The first kappa shape index (κ1) is 26.0. The molecule has 2 heterocycles. The van der Waals surface area contributed by atoms with Crippen molar-refractivity contribution >= 4 is 35.3 Å². The van der Waals surface area contributed by atoms with Crippen LogP contribution in [0.25, 0.3) is 0 Å². The Morgan fingerprint density at radius 1 is 0.971 bits per heavy atom. The van der Waals surface area contributed by atoms with Gasteiger partial charge in [0.05, 0.1) is 11.1 Å². The van der Waals surface area contributed by atoms with Crippen molar-refractivity contribution in [3.8, 4) is 0 Å². The van der Waals surface area contributed by atoms with Crippen molar-refractivity contribution in [3.63, 3.8) is 0 Å². The Morgan fingerprint density at radius 2 is 1.74 bits per heavy atom. The second kappa shape index (κ2) is 10.8. The van der Waals surface area contributed by atoms with Crippen LogP contribution in [0.2, 0.25) is 0 Å². The van der Waals surface area contributed by atoms with Gasteiger partial charge in [-0.15, -0.1) is 11.8 Å². The molecule has 3 aromatic rings. The highest BCUT2D eigenvalue weighted by molar-refractivity contribution is 7.98. The Hall–Kier alpha value is -3.60. The summed E-state index contributed by atoms with van der Waals surface area (Å²) in [6.07, 6.45) is -2.10. The molecule has 2 aromatic heterocycles. The Kier molecular flexibility index (Phi) is 8.00. The van der Waals surface area contributed by atoms with E-state index in [-0.39, 0.29) is 11.3 Å². The largest absolute Gasteiger partial charge is 0.444 e. The molecule has 0 unspecified atom stereocenters. The number of halogens is 3. The summed E-state index contributed by atoms with van der Waals surface area (Å²) in [5, 5.41) is 5.46. The van der Waals surface area contributed by atoms with Gasteiger partial charge in [-0.2, -0.15) is 13.2 Å². The number of rotatable bonds is 6. The molecule has 0 aliphatic rings. The van der Waals surface area contributed by atoms with E-state index < -0.39 is 29.3 Å². The highest BCUT2D eigenvalue weighted by Crippen LogP contribution is 2.31. The fraction of sp³-hybridized carbons (Fsp3) is 0.250. The minimum Gasteiger partial charge on any atom is -0.444 e. The lowest BCUT2D eigenvalue weighted by atomic mass is 10.2. The Labute approximate surface area is 204 Å². The smallest absolute Gasteiger partial charge is 0.416 e. The molecule has 0 fully saturated rings. The number of aromatic nitrogens is 2. The zero-order valence-electron chi connectivity index (χ0n) is 19.1. The Bertz CT molecular complexity index is 1210. The van der Waals surface area contributed by atoms with Gasteiger partial charge < -0.3 is 10.1 Å². The molecule has 11 heteroatoms. The number of amides is 2. The molecule has 7 nitrogen and oxygen atoms in total. The second-order valence-electron chi connectivity index (χ2n) is 8.35. The first-order chi connectivity index (χ1) is 16.4. The molecule has 1 aromatic carbocycles. The zero-order valence-corrected chi connectivity index (χ0v) is 20.0. The van der Waals surface area contributed by atoms with E-state index in [0.29, 0.717) is 16.6 Å². The molecule has 2 N–H and O–H groups in total. The van der Waals surface area contributed by atoms with Gasteiger partial charge in [-0.25, -0.2) is 14.8 Å². The summed E-state index contributed by atoms with van der Waals surface area (Å²) in [4.78, 5) is 33.1. The lowest BCUT2D eigenvalue weighted by Gasteiger charge is -2.19. The minimum atomic E-state index is -4.52. The highest BCUT2D eigenvalue weighted by Gasteiger charge is 2.30. The quantitative estimate of drug-likeness (QED) is 0.378. The van der Waals surface area contributed by atoms with Gasteiger partial charge in [0, 0.05) is 23.8 Å². The molecule has 0 bridgehead atoms. The average Bonchev–Trinajstić information content (AvgIpc) is 2.76. The molecule has 2 amide bonds. The lowest BCUT2D eigenvalue weighted by Crippen LogP contribution is -2.27. The number of nitrogens with zero attached hydrogens (tertiary/aromatic N) is 2. The van der Waals surface area contributed by atoms with Crippen LogP contribution in [0.1, 0.15) is 42.3 Å². The van der Waals surface area contributed by atoms with Crippen molar-refractivity contribution in [1.29, 1.82) is 0 Å². The van der Waals surface area contributed by atoms with Crippen LogP contribution < -0.4 is 10.6 Å². The van der Waals surface area contributed by atoms with E-state index in [1.54, 1.807) is 45.0 Å². The molecule has 0 aliphatic carbocycles. The van der Waals surface area contributed by atoms with E-state index in [2.05, 4.69) is 20.6 Å². The first-order valence-corrected chi connectivity index (χ1v) is 11.4. The summed E-state index contributed by atoms with van der Waals surface area (Å²) in [5.41, 5.74) is -0.468. The number of pyridine rings is 2. The van der Waals surface area contributed by atoms with Crippen LogP contribution >= 0.6 is 11.8 Å². The van der Waals surface area contributed by atoms with Crippen LogP contribution in [0.15, 0.2) is 66.0 Å². The van der Waals surface area contributed by atoms with Crippen molar-refractivity contribution in [2.24, 2.45) is 0 Å². The van der Waals surface area contributed by atoms with E-state index in [4.69, 9.17) is 4.74 Å². The molecule has 0 saturated heterocycles. The van der Waals surface area contributed by atoms with Crippen LogP contribution in [0, 0.1) is 0 Å². The molecule has 0 saturated carbocycles. The molecule has 0 atom stereocenters. The van der Waals surface area contributed by atoms with Crippen molar-refractivity contribution in [2.45, 2.75) is 43.3 Å². The standard InChI is InChI=1S/C24H23F3N4O3S/c1-23(2,3)34-22(33)31-19-12-15(9-11-28-19)14-35-21-18(8-5-10-29-21)20(32)30-17-7-4-6-16(13-17)24(25,26)27/h4-13H,14H2,1-3H3,(H,30,32)(H,28,31,33). The maximum absolute atomic E-state index is 13.0. The average molecular weight is 505 g/mol. The third-order valence-electron chi connectivity index (χ3n) is 4.29. The van der Waals surface area contributed by atoms with Crippen molar-refractivity contribution in [3.05, 3.63) is 77.6 Å². The molecule has 0 aliphatic heterocycles. The van der Waals surface area contributed by atoms with Crippen molar-refractivity contribution in [2.75, 3.05) is 10.6 Å². The topological polar surface area (TPSA) is 93.2 Å². The van der Waals surface area contributed by atoms with Crippen LogP contribution in [0.3, 0.4) is 0 Å². The summed E-state index contributed by atoms with van der Waals surface area (Å²) < 4.78 is 44.1. The predicted molar refractivity (Wildman–Crippen MR) is 127 cm³/mol. The van der Waals surface area contributed by atoms with Crippen LogP contribution in [0.4, 0.5) is 29.5 Å². The normalized spacial score (nSPS) is 11.6. The van der Waals surface area contributed by atoms with Gasteiger partial charge in [0.25, 0.3) is 5.91 Å². The third kappa shape index (κ3) is 7.99. The number of thioether (sulfide) groups is 1. The molecule has 3 rings (SSSR count). The van der Waals surface area contributed by atoms with Crippen molar-refractivity contribution in [1.82, 2.24) is 9.97 Å². The number of hydrogen-bond donors (Lipinski definition) is 2. The first-order valence-electron chi connectivity index (χ1n) is 10.4. The molecular weight excluding hydrogens is 481 g/mol. The van der Waals surface area contributed by atoms with Gasteiger partial charge in [-0.3, -0.25) is 10.1 Å². The molecular formula is C24H23F3N4O3S. The van der Waals surface area contributed by atoms with Gasteiger partial charge in [0.2, 0.25) is 0 Å². The van der Waals surface area contributed by atoms with Gasteiger partial charge in [-0.1, -0.05) is 6.07 Å². The van der Waals surface area contributed by atoms with E-state index in [9.17, 15) is 22.8 Å². The fourth-order valence-electron chi connectivity index (χ4n) is 2.84. The molecule has 0 spiro atoms. The molecule has 0 radical (unpaired) electrons. The van der Waals surface area contributed by atoms with Crippen LogP contribution in [0.5, 0.6) is 0 Å². The number of anilines is 2. The summed E-state index contributed by atoms with van der Waals surface area (Å²) in [5.74, 6) is 0.120. The van der Waals surface area contributed by atoms with Gasteiger partial charge in [-0.05, 0) is 68.8 Å². The minimum absolute atomic E-state index is 0.0246. The Balaban J connectivity index is 1.68. The summed E-state index contributed by atoms with van der Waals surface area (Å²) in [6, 6.07) is 10.9. The number of ether oxygens (including phenoxy) is 1. The highest BCUT2D eigenvalue weighted by atomic mass is 32.2. The summed E-state index contributed by atoms with van der Waals surface area (Å²) >= 11 is 1.26. The zero-order chi connectivity index (χ0) is 25.6. The SMILES string of the molecule is CC(C)(C)OC(=O)Nc1cc(CSc2ncccc2C(=O)Nc2cccc(C(F)(F)F)c2)ccn1. The number of carbonyl (C=O) groups excluding carboxylic acids is 2. The van der Waals surface area contributed by atoms with Crippen LogP contribution in [-0.4, -0.2) is 27.6 Å². The number of alkyl halides is 3. The lowest BCUT2D eigenvalue weighted by molar-refractivity contribution is -0.137. The van der Waals surface area contributed by atoms with E-state index in [0.717, 1.165) is 17.7 Å². The number of hydrogen-bond acceptors (Lipinski definition) is 6. The maximum Gasteiger partial charge on any atom is 0.416 e. The second-order valence-corrected chi connectivity index (χ2v) is 9.32. The van der Waals surface area contributed by atoms with E-state index in [1.165, 1.54) is 36.3 Å². The number of nitrogens with one attached hydrogen (secondary N) is 2. The predicted octanol–water partition coefficient (Wildman–Crippen LogP) is 6.39. The Morgan fingerprint density at radius 3 is 2.46 bits per heavy atom. The van der Waals surface area contributed by atoms with Gasteiger partial charge in [0.15, 0.2) is 0 Å². The van der Waals surface area contributed by atoms with Gasteiger partial charge >= 0.3 is 12.3 Å². The summed E-state index contributed by atoms with van der Waals surface area (Å²) in [6.45, 7) is 5.25. The number of carbonyl (C=O) groups is 2. The number of benzene rings is 1. The molecule has 35 heavy (non-hydrogen) atoms. The van der Waals surface area contributed by atoms with Crippen LogP contribution in [-0.2, 0) is 16.7 Å². The van der Waals surface area contributed by atoms with Gasteiger partial charge in [0.1, 0.15) is 16.4 Å². The van der Waals surface area contributed by atoms with Crippen molar-refractivity contribution < 1.29 is 27.5 Å². The molecule has 184 valence electrons. The monoisotopic (exact) mass is 504 g/mol. The van der Waals surface area contributed by atoms with E-state index >= 15 is 0 Å². The third-order valence-corrected chi connectivity index (χ3v) is 5.37. The van der Waals surface area contributed by atoms with E-state index in [1.807, 2.05) is 0 Å². The maximum atomic E-state index is 13.0. The summed E-state index contributed by atoms with van der Waals surface area (Å²) in [7, 11) is 0.